The normalized spacial score (nSPS) is 22.9. The number of nitrogens with zero attached hydrogens (tertiary/aromatic N) is 5. The van der Waals surface area contributed by atoms with Crippen LogP contribution < -0.4 is 0 Å². The Morgan fingerprint density at radius 2 is 1.95 bits per heavy atom. The number of carbonyl (C=O) groups excluding carboxylic acids is 2. The lowest BCUT2D eigenvalue weighted by Gasteiger charge is -2.25. The molecular weight excluding hydrogens is 270 g/mol. The monoisotopic (exact) mass is 287 g/mol. The van der Waals surface area contributed by atoms with Gasteiger partial charge in [-0.2, -0.15) is 0 Å². The van der Waals surface area contributed by atoms with Gasteiger partial charge in [0.2, 0.25) is 11.8 Å². The maximum atomic E-state index is 11.8. The Morgan fingerprint density at radius 1 is 1.29 bits per heavy atom. The molecule has 2 aliphatic rings. The lowest BCUT2D eigenvalue weighted by Crippen LogP contribution is -2.40. The molecule has 0 unspecified atom stereocenters. The number of piperidine rings is 1. The van der Waals surface area contributed by atoms with Crippen molar-refractivity contribution in [3.05, 3.63) is 11.4 Å². The maximum Gasteiger partial charge on any atom is 0.229 e. The molecule has 21 heavy (non-hydrogen) atoms. The van der Waals surface area contributed by atoms with Crippen molar-refractivity contribution in [3.63, 3.8) is 0 Å². The van der Waals surface area contributed by atoms with Gasteiger partial charge in [-0.1, -0.05) is 0 Å². The van der Waals surface area contributed by atoms with Crippen molar-refractivity contribution in [1.82, 2.24) is 4.90 Å². The number of aliphatic imine (C=N–C) groups is 4. The molecule has 1 fully saturated rings. The lowest BCUT2D eigenvalue weighted by molar-refractivity contribution is -0.147. The number of likely N-dealkylation sites (tertiary alicyclic amines) is 1. The van der Waals surface area contributed by atoms with Crippen LogP contribution in [-0.2, 0) is 9.59 Å². The first-order valence-electron chi connectivity index (χ1n) is 6.74. The molecule has 0 aromatic carbocycles. The van der Waals surface area contributed by atoms with Crippen LogP contribution in [0.1, 0.15) is 25.7 Å². The molecule has 110 valence electrons. The van der Waals surface area contributed by atoms with Gasteiger partial charge in [0.25, 0.3) is 0 Å². The van der Waals surface area contributed by atoms with Crippen LogP contribution in [0.5, 0.6) is 0 Å². The smallest absolute Gasteiger partial charge is 0.229 e. The predicted molar refractivity (Wildman–Crippen MR) is 82.1 cm³/mol. The number of hydrogen-bond donors (Lipinski definition) is 0. The van der Waals surface area contributed by atoms with Crippen LogP contribution in [0.3, 0.4) is 0 Å². The van der Waals surface area contributed by atoms with E-state index in [-0.39, 0.29) is 18.4 Å². The van der Waals surface area contributed by atoms with E-state index in [1.807, 2.05) is 0 Å². The van der Waals surface area contributed by atoms with Crippen LogP contribution in [0.4, 0.5) is 0 Å². The standard InChI is InChI=1S/C14H17N5O2/c1-15-10(13-14(16-2)18-8-7-17-13)6-9-19-11(20)4-3-5-12(19)21/h7-8H,1,3-6,9H2,2H3/b13-10+,16-14+. The van der Waals surface area contributed by atoms with Crippen molar-refractivity contribution in [2.45, 2.75) is 25.7 Å². The minimum Gasteiger partial charge on any atom is -0.282 e. The highest BCUT2D eigenvalue weighted by molar-refractivity contribution is 6.24. The third kappa shape index (κ3) is 3.36. The third-order valence-electron chi connectivity index (χ3n) is 3.31. The summed E-state index contributed by atoms with van der Waals surface area (Å²) < 4.78 is 0. The highest BCUT2D eigenvalue weighted by atomic mass is 16.2. The van der Waals surface area contributed by atoms with E-state index in [0.29, 0.717) is 42.9 Å². The number of hydrogen-bond acceptors (Lipinski definition) is 5. The van der Waals surface area contributed by atoms with E-state index < -0.39 is 0 Å². The van der Waals surface area contributed by atoms with E-state index >= 15 is 0 Å². The summed E-state index contributed by atoms with van der Waals surface area (Å²) in [4.78, 5) is 41.1. The summed E-state index contributed by atoms with van der Waals surface area (Å²) >= 11 is 0. The molecule has 7 heteroatoms. The predicted octanol–water partition coefficient (Wildman–Crippen LogP) is 1.01. The molecule has 0 spiro atoms. The van der Waals surface area contributed by atoms with E-state index in [2.05, 4.69) is 26.7 Å². The number of amides is 2. The van der Waals surface area contributed by atoms with Gasteiger partial charge in [-0.05, 0) is 13.1 Å². The molecule has 2 heterocycles. The fourth-order valence-electron chi connectivity index (χ4n) is 2.24. The summed E-state index contributed by atoms with van der Waals surface area (Å²) in [5.74, 6) is 0.208. The van der Waals surface area contributed by atoms with Crippen molar-refractivity contribution >= 4 is 36.8 Å². The van der Waals surface area contributed by atoms with Gasteiger partial charge in [0.05, 0.1) is 5.70 Å². The molecule has 0 saturated carbocycles. The molecule has 2 amide bonds. The van der Waals surface area contributed by atoms with E-state index in [1.54, 1.807) is 19.5 Å². The zero-order chi connectivity index (χ0) is 15.2. The first kappa shape index (κ1) is 15.0. The first-order valence-corrected chi connectivity index (χ1v) is 6.74. The quantitative estimate of drug-likeness (QED) is 0.570. The highest BCUT2D eigenvalue weighted by Crippen LogP contribution is 2.19. The molecule has 0 aromatic rings. The summed E-state index contributed by atoms with van der Waals surface area (Å²) in [5.41, 5.74) is 1.11. The second-order valence-corrected chi connectivity index (χ2v) is 4.60. The third-order valence-corrected chi connectivity index (χ3v) is 3.31. The van der Waals surface area contributed by atoms with Crippen LogP contribution in [0.2, 0.25) is 0 Å². The number of carbonyl (C=O) groups is 2. The summed E-state index contributed by atoms with van der Waals surface area (Å²) in [7, 11) is 1.62. The zero-order valence-corrected chi connectivity index (χ0v) is 11.9. The Morgan fingerprint density at radius 3 is 2.57 bits per heavy atom. The summed E-state index contributed by atoms with van der Waals surface area (Å²) in [6, 6.07) is 0. The topological polar surface area (TPSA) is 86.8 Å². The molecule has 0 N–H and O–H groups in total. The van der Waals surface area contributed by atoms with Gasteiger partial charge < -0.3 is 0 Å². The Balaban J connectivity index is 2.14. The summed E-state index contributed by atoms with van der Waals surface area (Å²) in [5, 5.41) is 0. The van der Waals surface area contributed by atoms with Crippen LogP contribution in [-0.4, -0.2) is 55.3 Å². The fraction of sp³-hybridized carbons (Fsp3) is 0.429. The Labute approximate surface area is 122 Å². The van der Waals surface area contributed by atoms with Crippen molar-refractivity contribution in [2.75, 3.05) is 13.6 Å². The Hall–Kier alpha value is -2.44. The van der Waals surface area contributed by atoms with Gasteiger partial charge in [0, 0.05) is 45.3 Å². The number of rotatable bonds is 4. The SMILES string of the molecule is C=N/C(CCN1C(=O)CCCC1=O)=C1/N=CC=N/C1=N/C. The molecular formula is C14H17N5O2. The van der Waals surface area contributed by atoms with Crippen LogP contribution in [0, 0.1) is 0 Å². The second-order valence-electron chi connectivity index (χ2n) is 4.60. The van der Waals surface area contributed by atoms with Gasteiger partial charge in [-0.25, -0.2) is 9.98 Å². The van der Waals surface area contributed by atoms with Gasteiger partial charge in [0.15, 0.2) is 5.84 Å². The molecule has 2 aliphatic heterocycles. The molecule has 0 radical (unpaired) electrons. The zero-order valence-electron chi connectivity index (χ0n) is 11.9. The molecule has 2 rings (SSSR count). The van der Waals surface area contributed by atoms with Crippen molar-refractivity contribution < 1.29 is 9.59 Å². The van der Waals surface area contributed by atoms with Crippen molar-refractivity contribution in [3.8, 4) is 0 Å². The van der Waals surface area contributed by atoms with Crippen LogP contribution in [0.15, 0.2) is 31.4 Å². The molecule has 0 atom stereocenters. The van der Waals surface area contributed by atoms with E-state index in [0.717, 1.165) is 0 Å². The molecule has 1 saturated heterocycles. The van der Waals surface area contributed by atoms with E-state index in [1.165, 1.54) is 4.90 Å². The lowest BCUT2D eigenvalue weighted by atomic mass is 10.1. The van der Waals surface area contributed by atoms with Gasteiger partial charge in [-0.3, -0.25) is 24.5 Å². The average molecular weight is 287 g/mol. The minimum atomic E-state index is -0.130. The van der Waals surface area contributed by atoms with E-state index in [4.69, 9.17) is 0 Å². The fourth-order valence-corrected chi connectivity index (χ4v) is 2.24. The van der Waals surface area contributed by atoms with Gasteiger partial charge in [-0.15, -0.1) is 0 Å². The molecule has 7 nitrogen and oxygen atoms in total. The number of amidine groups is 1. The average Bonchev–Trinajstić information content (AvgIpc) is 2.50. The van der Waals surface area contributed by atoms with Crippen molar-refractivity contribution in [2.24, 2.45) is 20.0 Å². The van der Waals surface area contributed by atoms with Gasteiger partial charge >= 0.3 is 0 Å². The highest BCUT2D eigenvalue weighted by Gasteiger charge is 2.26. The van der Waals surface area contributed by atoms with E-state index in [9.17, 15) is 9.59 Å². The van der Waals surface area contributed by atoms with Crippen LogP contribution in [0.25, 0.3) is 0 Å². The summed E-state index contributed by atoms with van der Waals surface area (Å²) in [6.45, 7) is 3.81. The number of imide groups is 1. The minimum absolute atomic E-state index is 0.130. The molecule has 0 bridgehead atoms. The molecule has 0 aliphatic carbocycles. The Kier molecular flexibility index (Phi) is 4.86. The van der Waals surface area contributed by atoms with Gasteiger partial charge in [0.1, 0.15) is 5.70 Å². The summed E-state index contributed by atoms with van der Waals surface area (Å²) in [6.07, 6.45) is 4.96. The second kappa shape index (κ2) is 6.83. The van der Waals surface area contributed by atoms with Crippen molar-refractivity contribution in [1.29, 1.82) is 0 Å². The maximum absolute atomic E-state index is 11.8. The first-order chi connectivity index (χ1) is 10.2. The molecule has 0 aromatic heterocycles. The largest absolute Gasteiger partial charge is 0.282 e. The van der Waals surface area contributed by atoms with Crippen LogP contribution >= 0.6 is 0 Å². The Bertz CT molecular complexity index is 570.